The summed E-state index contributed by atoms with van der Waals surface area (Å²) in [5.74, 6) is 0.358. The summed E-state index contributed by atoms with van der Waals surface area (Å²) < 4.78 is 86.4. The predicted molar refractivity (Wildman–Crippen MR) is 230 cm³/mol. The highest BCUT2D eigenvalue weighted by molar-refractivity contribution is 7.99. The van der Waals surface area contributed by atoms with Crippen molar-refractivity contribution in [1.29, 1.82) is 4.78 Å². The van der Waals surface area contributed by atoms with Crippen LogP contribution in [0, 0.1) is 4.78 Å². The van der Waals surface area contributed by atoms with Crippen LogP contribution in [0.3, 0.4) is 0 Å². The predicted octanol–water partition coefficient (Wildman–Crippen LogP) is 5.72. The van der Waals surface area contributed by atoms with Gasteiger partial charge < -0.3 is 41.3 Å². The van der Waals surface area contributed by atoms with Crippen molar-refractivity contribution in [2.45, 2.75) is 128 Å². The number of carbonyl (C=O) groups is 3. The summed E-state index contributed by atoms with van der Waals surface area (Å²) in [5.41, 5.74) is 12.9. The van der Waals surface area contributed by atoms with Gasteiger partial charge >= 0.3 is 24.1 Å². The molecule has 2 heterocycles. The Balaban J connectivity index is 0.000000923. The van der Waals surface area contributed by atoms with Gasteiger partial charge in [-0.3, -0.25) is 28.4 Å². The highest BCUT2D eigenvalue weighted by atomic mass is 32.2. The number of aromatic nitrogens is 1. The van der Waals surface area contributed by atoms with Gasteiger partial charge in [-0.1, -0.05) is 26.7 Å². The van der Waals surface area contributed by atoms with E-state index in [1.54, 1.807) is 39.8 Å². The number of carboxylic acids is 1. The lowest BCUT2D eigenvalue weighted by molar-refractivity contribution is -0.268. The summed E-state index contributed by atoms with van der Waals surface area (Å²) in [7, 11) is -3.45. The van der Waals surface area contributed by atoms with Gasteiger partial charge in [-0.15, -0.1) is 0 Å². The van der Waals surface area contributed by atoms with E-state index in [1.807, 2.05) is 6.92 Å². The van der Waals surface area contributed by atoms with Crippen LogP contribution in [0.5, 0.6) is 0 Å². The number of alkyl halides is 3. The summed E-state index contributed by atoms with van der Waals surface area (Å²) in [6.45, 7) is 11.4. The Labute approximate surface area is 359 Å². The Bertz CT molecular complexity index is 1660. The minimum atomic E-state index is -4.91. The first-order valence-electron chi connectivity index (χ1n) is 19.7. The van der Waals surface area contributed by atoms with Crippen molar-refractivity contribution in [3.8, 4) is 11.3 Å². The summed E-state index contributed by atoms with van der Waals surface area (Å²) in [4.78, 5) is 37.1. The number of carbonyl (C=O) groups excluding carboxylic acids is 2. The van der Waals surface area contributed by atoms with Gasteiger partial charge in [-0.2, -0.15) is 24.9 Å². The molecule has 0 spiro atoms. The van der Waals surface area contributed by atoms with Crippen LogP contribution in [0.1, 0.15) is 98.6 Å². The first-order chi connectivity index (χ1) is 27.8. The lowest BCUT2D eigenvalue weighted by Gasteiger charge is -2.30. The van der Waals surface area contributed by atoms with Gasteiger partial charge in [0.25, 0.3) is 0 Å². The third-order valence-electron chi connectivity index (χ3n) is 8.23. The maximum absolute atomic E-state index is 13.5. The molecule has 60 heavy (non-hydrogen) atoms. The molecule has 0 aliphatic carbocycles. The van der Waals surface area contributed by atoms with Gasteiger partial charge in [0.05, 0.1) is 18.6 Å². The number of aliphatic hydroxyl groups is 1. The van der Waals surface area contributed by atoms with Crippen LogP contribution in [0.15, 0.2) is 41.1 Å². The number of nitrogens with one attached hydrogen (secondary N) is 1. The Hall–Kier alpha value is -3.08. The SMILES string of the molecule is CCCCS(=N)(=O)CCC(N)C(=O)OC(C)(C)C.CCCCS(=O)CCC(N)C(=O)OCC.NC(CCSCCC(O)(c1ccc(-c2ccco2)cn1)C(F)(F)F)C(=O)O. The Kier molecular flexibility index (Phi) is 27.0. The molecule has 2 aromatic heterocycles. The van der Waals surface area contributed by atoms with E-state index < -0.39 is 86.1 Å². The van der Waals surface area contributed by atoms with Crippen molar-refractivity contribution >= 4 is 50.2 Å². The molecule has 9 N–H and O–H groups in total. The van der Waals surface area contributed by atoms with Crippen molar-refractivity contribution in [1.82, 2.24) is 4.98 Å². The number of hydrogen-bond donors (Lipinski definition) is 6. The number of nitrogens with two attached hydrogens (primary N) is 3. The fourth-order valence-corrected chi connectivity index (χ4v) is 8.61. The second-order valence-corrected chi connectivity index (χ2v) is 20.1. The summed E-state index contributed by atoms with van der Waals surface area (Å²) in [5, 5.41) is 19.0. The van der Waals surface area contributed by atoms with Crippen LogP contribution in [0.4, 0.5) is 13.2 Å². The maximum Gasteiger partial charge on any atom is 0.423 e. The molecule has 0 aliphatic rings. The lowest BCUT2D eigenvalue weighted by Crippen LogP contribution is -2.43. The molecule has 0 saturated heterocycles. The van der Waals surface area contributed by atoms with Gasteiger partial charge in [-0.05, 0) is 102 Å². The highest BCUT2D eigenvalue weighted by Gasteiger charge is 2.55. The monoisotopic (exact) mass is 917 g/mol. The van der Waals surface area contributed by atoms with Gasteiger partial charge in [0.2, 0.25) is 5.60 Å². The molecule has 0 aliphatic heterocycles. The van der Waals surface area contributed by atoms with Crippen LogP contribution in [0.25, 0.3) is 11.3 Å². The number of halogens is 3. The average Bonchev–Trinajstić information content (AvgIpc) is 3.72. The largest absolute Gasteiger partial charge is 0.480 e. The van der Waals surface area contributed by atoms with Gasteiger partial charge in [0.15, 0.2) is 0 Å². The van der Waals surface area contributed by atoms with Crippen molar-refractivity contribution in [3.05, 3.63) is 42.4 Å². The molecule has 21 heteroatoms. The first-order valence-corrected chi connectivity index (χ1v) is 24.2. The zero-order chi connectivity index (χ0) is 46.2. The molecule has 0 bridgehead atoms. The van der Waals surface area contributed by atoms with E-state index in [-0.39, 0.29) is 30.1 Å². The minimum Gasteiger partial charge on any atom is -0.480 e. The van der Waals surface area contributed by atoms with E-state index in [4.69, 9.17) is 41.0 Å². The van der Waals surface area contributed by atoms with Crippen LogP contribution < -0.4 is 17.2 Å². The normalized spacial score (nSPS) is 15.6. The first kappa shape index (κ1) is 56.9. The van der Waals surface area contributed by atoms with Crippen molar-refractivity contribution in [2.24, 2.45) is 17.2 Å². The second-order valence-electron chi connectivity index (χ2n) is 14.7. The highest BCUT2D eigenvalue weighted by Crippen LogP contribution is 2.42. The molecule has 0 fully saturated rings. The Morgan fingerprint density at radius 2 is 1.57 bits per heavy atom. The fourth-order valence-electron chi connectivity index (χ4n) is 4.62. The summed E-state index contributed by atoms with van der Waals surface area (Å²) in [6, 6.07) is 3.32. The number of pyridine rings is 1. The van der Waals surface area contributed by atoms with Crippen molar-refractivity contribution in [3.63, 3.8) is 0 Å². The number of aliphatic carboxylic acids is 1. The fraction of sp³-hybridized carbons (Fsp3) is 0.692. The number of carboxylic acid groups (broad SMARTS) is 1. The van der Waals surface area contributed by atoms with Gasteiger partial charge in [-0.25, -0.2) is 4.21 Å². The second kappa shape index (κ2) is 28.5. The molecule has 0 saturated carbocycles. The maximum atomic E-state index is 13.5. The molecule has 6 unspecified atom stereocenters. The Morgan fingerprint density at radius 3 is 2.07 bits per heavy atom. The molecule has 0 aromatic carbocycles. The van der Waals surface area contributed by atoms with E-state index in [2.05, 4.69) is 11.9 Å². The van der Waals surface area contributed by atoms with Gasteiger partial charge in [0.1, 0.15) is 29.5 Å². The number of hydrogen-bond acceptors (Lipinski definition) is 15. The number of nitrogens with zero attached hydrogens (tertiary/aromatic N) is 1. The van der Waals surface area contributed by atoms with Crippen molar-refractivity contribution in [2.75, 3.05) is 41.1 Å². The van der Waals surface area contributed by atoms with E-state index in [0.717, 1.165) is 43.5 Å². The number of esters is 2. The topological polar surface area (TPSA) is 272 Å². The van der Waals surface area contributed by atoms with E-state index in [1.165, 1.54) is 18.5 Å². The third-order valence-corrected chi connectivity index (χ3v) is 12.5. The Morgan fingerprint density at radius 1 is 0.933 bits per heavy atom. The third kappa shape index (κ3) is 23.8. The van der Waals surface area contributed by atoms with E-state index >= 15 is 0 Å². The zero-order valence-electron chi connectivity index (χ0n) is 35.5. The number of thioether (sulfide) groups is 1. The number of ether oxygens (including phenoxy) is 2. The number of rotatable bonds is 24. The minimum absolute atomic E-state index is 0.0377. The molecular weight excluding hydrogens is 852 g/mol. The van der Waals surface area contributed by atoms with Crippen LogP contribution >= 0.6 is 11.8 Å². The summed E-state index contributed by atoms with van der Waals surface area (Å²) >= 11 is 1.09. The lowest BCUT2D eigenvalue weighted by atomic mass is 9.94. The summed E-state index contributed by atoms with van der Waals surface area (Å²) in [6.07, 6.45) is 1.60. The number of unbranched alkanes of at least 4 members (excludes halogenated alkanes) is 2. The molecule has 6 atom stereocenters. The molecule has 0 amide bonds. The molecule has 0 radical (unpaired) electrons. The standard InChI is InChI=1S/C17H19F3N2O4S.C12H26N2O3S.C10H21NO3S/c18-17(19,20)16(25,6-9-27-8-5-12(21)15(23)24)14-4-3-11(10-22-14)13-2-1-7-26-13;1-5-6-8-18(14,16)9-7-10(13)11(15)17-12(2,3)4;1-3-5-7-15(13)8-6-9(11)10(12)14-4-2/h1-4,7,10,12,25H,5-6,8-9,21H2,(H,23,24);10,14H,5-9,13H2,1-4H3;9H,3-8,11H2,1-2H3. The van der Waals surface area contributed by atoms with Gasteiger partial charge in [0, 0.05) is 55.3 Å². The van der Waals surface area contributed by atoms with Crippen LogP contribution in [-0.2, 0) is 50.0 Å². The van der Waals surface area contributed by atoms with E-state index in [9.17, 15) is 41.1 Å². The van der Waals surface area contributed by atoms with Crippen molar-refractivity contribution < 1.29 is 60.1 Å². The molecule has 2 aromatic rings. The zero-order valence-corrected chi connectivity index (χ0v) is 38.0. The van der Waals surface area contributed by atoms with E-state index in [0.29, 0.717) is 41.6 Å². The number of furan rings is 1. The molecule has 15 nitrogen and oxygen atoms in total. The quantitative estimate of drug-likeness (QED) is 0.0543. The molecular formula is C39H66F3N5O10S3. The average molecular weight is 918 g/mol. The molecule has 346 valence electrons. The van der Waals surface area contributed by atoms with Crippen LogP contribution in [0.2, 0.25) is 0 Å². The smallest absolute Gasteiger partial charge is 0.423 e. The van der Waals surface area contributed by atoms with Crippen LogP contribution in [-0.4, -0.2) is 113 Å². The molecule has 2 rings (SSSR count).